The molecular weight excluding hydrogens is 390 g/mol. The van der Waals surface area contributed by atoms with Crippen molar-refractivity contribution in [3.63, 3.8) is 0 Å². The van der Waals surface area contributed by atoms with Crippen LogP contribution < -0.4 is 0 Å². The Kier molecular flexibility index (Phi) is 5.60. The minimum Gasteiger partial charge on any atom is -0.360 e. The maximum atomic E-state index is 12.9. The molecule has 0 saturated carbocycles. The predicted molar refractivity (Wildman–Crippen MR) is 101 cm³/mol. The van der Waals surface area contributed by atoms with Crippen LogP contribution in [-0.4, -0.2) is 54.9 Å². The summed E-state index contributed by atoms with van der Waals surface area (Å²) in [5, 5.41) is 4.28. The van der Waals surface area contributed by atoms with Gasteiger partial charge in [-0.15, -0.1) is 0 Å². The van der Waals surface area contributed by atoms with Gasteiger partial charge in [0.15, 0.2) is 5.76 Å². The van der Waals surface area contributed by atoms with Gasteiger partial charge in [0.05, 0.1) is 10.6 Å². The molecule has 0 aliphatic carbocycles. The van der Waals surface area contributed by atoms with Gasteiger partial charge in [-0.2, -0.15) is 4.31 Å². The lowest BCUT2D eigenvalue weighted by Gasteiger charge is -2.34. The Morgan fingerprint density at radius 3 is 2.48 bits per heavy atom. The van der Waals surface area contributed by atoms with Crippen LogP contribution >= 0.6 is 11.6 Å². The standard InChI is InChI=1S/C18H22ClN3O4S/c1-12(2)17-16(13(3)20-26-17)18(23)21-7-9-22(10-8-21)27(24,25)15-6-4-5-14(19)11-15/h4-6,11-12H,7-10H2,1-3H3. The van der Waals surface area contributed by atoms with Crippen LogP contribution in [0.5, 0.6) is 0 Å². The molecule has 1 amide bonds. The van der Waals surface area contributed by atoms with E-state index in [-0.39, 0.29) is 29.8 Å². The highest BCUT2D eigenvalue weighted by Crippen LogP contribution is 2.25. The van der Waals surface area contributed by atoms with Crippen LogP contribution in [0.25, 0.3) is 0 Å². The summed E-state index contributed by atoms with van der Waals surface area (Å²) < 4.78 is 32.2. The highest BCUT2D eigenvalue weighted by molar-refractivity contribution is 7.89. The molecule has 3 rings (SSSR count). The lowest BCUT2D eigenvalue weighted by atomic mass is 10.0. The molecule has 0 spiro atoms. The number of carbonyl (C=O) groups excluding carboxylic acids is 1. The molecule has 7 nitrogen and oxygen atoms in total. The van der Waals surface area contributed by atoms with E-state index in [1.165, 1.54) is 16.4 Å². The Labute approximate surface area is 163 Å². The normalized spacial score (nSPS) is 16.1. The molecular formula is C18H22ClN3O4S. The molecule has 1 aliphatic heterocycles. The van der Waals surface area contributed by atoms with Crippen molar-refractivity contribution < 1.29 is 17.7 Å². The maximum Gasteiger partial charge on any atom is 0.259 e. The molecule has 9 heteroatoms. The molecule has 1 aromatic carbocycles. The summed E-state index contributed by atoms with van der Waals surface area (Å²) in [4.78, 5) is 14.7. The quantitative estimate of drug-likeness (QED) is 0.772. The van der Waals surface area contributed by atoms with Crippen molar-refractivity contribution in [1.82, 2.24) is 14.4 Å². The van der Waals surface area contributed by atoms with Crippen LogP contribution in [0.15, 0.2) is 33.7 Å². The van der Waals surface area contributed by atoms with E-state index in [0.717, 1.165) is 0 Å². The molecule has 1 fully saturated rings. The Morgan fingerprint density at radius 1 is 1.22 bits per heavy atom. The zero-order chi connectivity index (χ0) is 19.8. The maximum absolute atomic E-state index is 12.9. The lowest BCUT2D eigenvalue weighted by Crippen LogP contribution is -2.50. The third-order valence-corrected chi connectivity index (χ3v) is 6.72. The number of nitrogens with zero attached hydrogens (tertiary/aromatic N) is 3. The number of sulfonamides is 1. The number of rotatable bonds is 4. The summed E-state index contributed by atoms with van der Waals surface area (Å²) >= 11 is 5.92. The van der Waals surface area contributed by atoms with Crippen molar-refractivity contribution in [3.05, 3.63) is 46.3 Å². The van der Waals surface area contributed by atoms with Crippen LogP contribution in [0.3, 0.4) is 0 Å². The number of hydrogen-bond acceptors (Lipinski definition) is 5. The summed E-state index contributed by atoms with van der Waals surface area (Å²) in [6, 6.07) is 6.19. The first kappa shape index (κ1) is 19.9. The van der Waals surface area contributed by atoms with E-state index < -0.39 is 10.0 Å². The van der Waals surface area contributed by atoms with Crippen molar-refractivity contribution in [3.8, 4) is 0 Å². The van der Waals surface area contributed by atoms with E-state index in [0.29, 0.717) is 35.1 Å². The van der Waals surface area contributed by atoms with Crippen LogP contribution in [0, 0.1) is 6.92 Å². The van der Waals surface area contributed by atoms with Gasteiger partial charge < -0.3 is 9.42 Å². The molecule has 0 atom stereocenters. The minimum absolute atomic E-state index is 0.0367. The van der Waals surface area contributed by atoms with E-state index in [2.05, 4.69) is 5.16 Å². The fourth-order valence-corrected chi connectivity index (χ4v) is 4.83. The average molecular weight is 412 g/mol. The van der Waals surface area contributed by atoms with Gasteiger partial charge >= 0.3 is 0 Å². The Bertz CT molecular complexity index is 947. The van der Waals surface area contributed by atoms with Crippen LogP contribution in [0.2, 0.25) is 5.02 Å². The van der Waals surface area contributed by atoms with E-state index in [1.807, 2.05) is 13.8 Å². The predicted octanol–water partition coefficient (Wildman–Crippen LogP) is 2.91. The van der Waals surface area contributed by atoms with E-state index in [1.54, 1.807) is 24.0 Å². The molecule has 0 radical (unpaired) electrons. The number of halogens is 1. The topological polar surface area (TPSA) is 83.7 Å². The SMILES string of the molecule is Cc1noc(C(C)C)c1C(=O)N1CCN(S(=O)(=O)c2cccc(Cl)c2)CC1. The Hall–Kier alpha value is -1.90. The average Bonchev–Trinajstić information content (AvgIpc) is 3.03. The lowest BCUT2D eigenvalue weighted by molar-refractivity contribution is 0.0694. The summed E-state index contributed by atoms with van der Waals surface area (Å²) in [6.45, 7) is 6.67. The first-order valence-corrected chi connectivity index (χ1v) is 10.5. The van der Waals surface area contributed by atoms with Crippen molar-refractivity contribution >= 4 is 27.5 Å². The molecule has 1 saturated heterocycles. The number of piperazine rings is 1. The Morgan fingerprint density at radius 2 is 1.89 bits per heavy atom. The second-order valence-corrected chi connectivity index (χ2v) is 9.19. The Balaban J connectivity index is 1.74. The highest BCUT2D eigenvalue weighted by Gasteiger charge is 2.33. The summed E-state index contributed by atoms with van der Waals surface area (Å²) in [7, 11) is -3.64. The first-order chi connectivity index (χ1) is 12.7. The fourth-order valence-electron chi connectivity index (χ4n) is 3.11. The van der Waals surface area contributed by atoms with E-state index in [4.69, 9.17) is 16.1 Å². The molecule has 146 valence electrons. The zero-order valence-electron chi connectivity index (χ0n) is 15.5. The van der Waals surface area contributed by atoms with Gasteiger partial charge in [0.1, 0.15) is 5.56 Å². The van der Waals surface area contributed by atoms with Crippen molar-refractivity contribution in [1.29, 1.82) is 0 Å². The van der Waals surface area contributed by atoms with Gasteiger partial charge in [0.2, 0.25) is 10.0 Å². The molecule has 2 heterocycles. The fraction of sp³-hybridized carbons (Fsp3) is 0.444. The van der Waals surface area contributed by atoms with Gasteiger partial charge in [-0.25, -0.2) is 8.42 Å². The molecule has 0 bridgehead atoms. The second kappa shape index (κ2) is 7.61. The number of amides is 1. The van der Waals surface area contributed by atoms with Gasteiger partial charge in [0, 0.05) is 37.1 Å². The third-order valence-electron chi connectivity index (χ3n) is 4.59. The number of carbonyl (C=O) groups is 1. The second-order valence-electron chi connectivity index (χ2n) is 6.82. The van der Waals surface area contributed by atoms with Gasteiger partial charge in [-0.1, -0.05) is 36.7 Å². The molecule has 1 aromatic heterocycles. The summed E-state index contributed by atoms with van der Waals surface area (Å²) in [5.74, 6) is 0.429. The molecule has 0 N–H and O–H groups in total. The number of aryl methyl sites for hydroxylation is 1. The summed E-state index contributed by atoms with van der Waals surface area (Å²) in [5.41, 5.74) is 1.04. The molecule has 1 aliphatic rings. The van der Waals surface area contributed by atoms with Crippen molar-refractivity contribution in [2.75, 3.05) is 26.2 Å². The summed E-state index contributed by atoms with van der Waals surface area (Å²) in [6.07, 6.45) is 0. The number of aromatic nitrogens is 1. The van der Waals surface area contributed by atoms with Crippen LogP contribution in [-0.2, 0) is 10.0 Å². The molecule has 27 heavy (non-hydrogen) atoms. The van der Waals surface area contributed by atoms with E-state index in [9.17, 15) is 13.2 Å². The van der Waals surface area contributed by atoms with Crippen LogP contribution in [0.4, 0.5) is 0 Å². The largest absolute Gasteiger partial charge is 0.360 e. The first-order valence-electron chi connectivity index (χ1n) is 8.73. The monoisotopic (exact) mass is 411 g/mol. The van der Waals surface area contributed by atoms with Crippen molar-refractivity contribution in [2.24, 2.45) is 0 Å². The van der Waals surface area contributed by atoms with Gasteiger partial charge in [-0.05, 0) is 25.1 Å². The zero-order valence-corrected chi connectivity index (χ0v) is 17.0. The highest BCUT2D eigenvalue weighted by atomic mass is 35.5. The minimum atomic E-state index is -3.64. The van der Waals surface area contributed by atoms with Gasteiger partial charge in [0.25, 0.3) is 5.91 Å². The smallest absolute Gasteiger partial charge is 0.259 e. The van der Waals surface area contributed by atoms with Crippen LogP contribution in [0.1, 0.15) is 41.6 Å². The van der Waals surface area contributed by atoms with Crippen molar-refractivity contribution in [2.45, 2.75) is 31.6 Å². The van der Waals surface area contributed by atoms with E-state index >= 15 is 0 Å². The molecule has 0 unspecified atom stereocenters. The number of benzene rings is 1. The third kappa shape index (κ3) is 3.88. The van der Waals surface area contributed by atoms with Gasteiger partial charge in [-0.3, -0.25) is 4.79 Å². The number of hydrogen-bond donors (Lipinski definition) is 0. The molecule has 2 aromatic rings.